The van der Waals surface area contributed by atoms with Crippen LogP contribution >= 0.6 is 0 Å². The number of sulfonamides is 1. The minimum Gasteiger partial charge on any atom is -0.497 e. The highest BCUT2D eigenvalue weighted by Crippen LogP contribution is 2.13. The van der Waals surface area contributed by atoms with Crippen LogP contribution in [0.4, 0.5) is 0 Å². The first-order valence-corrected chi connectivity index (χ1v) is 6.70. The van der Waals surface area contributed by atoms with Gasteiger partial charge in [-0.1, -0.05) is 0 Å². The number of carbonyl (C=O) groups excluding carboxylic acids is 1. The Kier molecular flexibility index (Phi) is 4.62. The number of nitrogens with one attached hydrogen (secondary N) is 1. The summed E-state index contributed by atoms with van der Waals surface area (Å²) < 4.78 is 29.9. The highest BCUT2D eigenvalue weighted by Gasteiger charge is 2.27. The lowest BCUT2D eigenvalue weighted by Crippen LogP contribution is -2.41. The summed E-state index contributed by atoms with van der Waals surface area (Å²) in [7, 11) is -2.95. The van der Waals surface area contributed by atoms with Gasteiger partial charge in [0.2, 0.25) is 0 Å². The van der Waals surface area contributed by atoms with Gasteiger partial charge < -0.3 is 9.84 Å². The molecule has 2 N–H and O–H groups in total. The number of methoxy groups -OCH3 is 1. The second-order valence-electron chi connectivity index (χ2n) is 3.70. The number of hydrogen-bond donors (Lipinski definition) is 2. The van der Waals surface area contributed by atoms with Crippen LogP contribution in [0.3, 0.4) is 0 Å². The van der Waals surface area contributed by atoms with Gasteiger partial charge in [-0.2, -0.15) is 4.72 Å². The zero-order valence-corrected chi connectivity index (χ0v) is 11.1. The molecule has 0 aromatic heterocycles. The minimum atomic E-state index is -4.39. The van der Waals surface area contributed by atoms with E-state index >= 15 is 0 Å². The van der Waals surface area contributed by atoms with Gasteiger partial charge in [-0.25, -0.2) is 8.42 Å². The Balaban J connectivity index is 2.94. The predicted molar refractivity (Wildman–Crippen MR) is 66.5 cm³/mol. The molecule has 0 radical (unpaired) electrons. The summed E-state index contributed by atoms with van der Waals surface area (Å²) in [6, 6.07) is 4.05. The molecule has 104 valence electrons. The third kappa shape index (κ3) is 3.76. The molecule has 8 heteroatoms. The van der Waals surface area contributed by atoms with Gasteiger partial charge in [0.05, 0.1) is 7.11 Å². The van der Waals surface area contributed by atoms with Crippen LogP contribution in [-0.2, 0) is 14.8 Å². The average molecular weight is 287 g/mol. The van der Waals surface area contributed by atoms with Crippen molar-refractivity contribution in [3.05, 3.63) is 29.8 Å². The summed E-state index contributed by atoms with van der Waals surface area (Å²) in [6.07, 6.45) is 0. The molecule has 19 heavy (non-hydrogen) atoms. The van der Waals surface area contributed by atoms with Crippen molar-refractivity contribution >= 4 is 21.1 Å². The highest BCUT2D eigenvalue weighted by molar-refractivity contribution is 8.05. The van der Waals surface area contributed by atoms with Crippen LogP contribution in [0.5, 0.6) is 5.75 Å². The molecule has 1 unspecified atom stereocenters. The van der Waals surface area contributed by atoms with E-state index in [0.29, 0.717) is 5.75 Å². The van der Waals surface area contributed by atoms with E-state index in [-0.39, 0.29) is 5.56 Å². The Labute approximate surface area is 110 Å². The van der Waals surface area contributed by atoms with Crippen molar-refractivity contribution in [3.63, 3.8) is 0 Å². The Morgan fingerprint density at radius 3 is 2.21 bits per heavy atom. The first-order chi connectivity index (χ1) is 8.77. The maximum absolute atomic E-state index is 11.7. The lowest BCUT2D eigenvalue weighted by molar-refractivity contribution is -0.138. The fourth-order valence-electron chi connectivity index (χ4n) is 1.22. The summed E-state index contributed by atoms with van der Waals surface area (Å²) >= 11 is 0. The summed E-state index contributed by atoms with van der Waals surface area (Å²) in [5, 5.41) is 7.42. The molecule has 0 aliphatic carbocycles. The van der Waals surface area contributed by atoms with E-state index in [4.69, 9.17) is 9.84 Å². The first kappa shape index (κ1) is 15.1. The zero-order valence-electron chi connectivity index (χ0n) is 10.3. The van der Waals surface area contributed by atoms with E-state index < -0.39 is 27.1 Å². The number of aliphatic carboxylic acids is 1. The van der Waals surface area contributed by atoms with E-state index in [1.54, 1.807) is 4.72 Å². The molecule has 1 atom stereocenters. The van der Waals surface area contributed by atoms with Crippen LogP contribution in [0, 0.1) is 0 Å². The third-order valence-electron chi connectivity index (χ3n) is 2.27. The minimum absolute atomic E-state index is 0.0779. The number of hydrogen-bond acceptors (Lipinski definition) is 5. The Hall–Kier alpha value is -1.93. The summed E-state index contributed by atoms with van der Waals surface area (Å²) in [6.45, 7) is 1.13. The molecular formula is C11H13NO6S. The molecule has 1 rings (SSSR count). The van der Waals surface area contributed by atoms with Crippen LogP contribution in [-0.4, -0.2) is 37.8 Å². The molecule has 0 saturated carbocycles. The van der Waals surface area contributed by atoms with Gasteiger partial charge in [0.15, 0.2) is 0 Å². The number of benzene rings is 1. The Morgan fingerprint density at radius 2 is 1.79 bits per heavy atom. The van der Waals surface area contributed by atoms with Crippen LogP contribution < -0.4 is 9.46 Å². The molecule has 1 aromatic carbocycles. The van der Waals surface area contributed by atoms with E-state index in [1.165, 1.54) is 31.4 Å². The smallest absolute Gasteiger partial charge is 0.321 e. The van der Waals surface area contributed by atoms with Crippen molar-refractivity contribution in [2.45, 2.75) is 13.0 Å². The second kappa shape index (κ2) is 5.81. The fourth-order valence-corrected chi connectivity index (χ4v) is 2.34. The van der Waals surface area contributed by atoms with Gasteiger partial charge in [-0.05, 0) is 31.2 Å². The van der Waals surface area contributed by atoms with Gasteiger partial charge in [0.1, 0.15) is 11.8 Å². The maximum Gasteiger partial charge on any atom is 0.321 e. The van der Waals surface area contributed by atoms with Crippen molar-refractivity contribution in [3.8, 4) is 5.75 Å². The van der Waals surface area contributed by atoms with Crippen LogP contribution in [0.25, 0.3) is 0 Å². The van der Waals surface area contributed by atoms with Crippen LogP contribution in [0.2, 0.25) is 0 Å². The predicted octanol–water partition coefficient (Wildman–Crippen LogP) is 0.228. The number of carboxylic acid groups (broad SMARTS) is 1. The number of carbonyl (C=O) groups is 2. The molecule has 0 amide bonds. The molecule has 7 nitrogen and oxygen atoms in total. The fraction of sp³-hybridized carbons (Fsp3) is 0.273. The molecule has 0 fully saturated rings. The molecule has 0 spiro atoms. The van der Waals surface area contributed by atoms with Gasteiger partial charge >= 0.3 is 5.97 Å². The summed E-state index contributed by atoms with van der Waals surface area (Å²) in [5.41, 5.74) is -0.0779. The highest BCUT2D eigenvalue weighted by atomic mass is 32.2. The van der Waals surface area contributed by atoms with Gasteiger partial charge in [-0.3, -0.25) is 9.59 Å². The Morgan fingerprint density at radius 1 is 1.26 bits per heavy atom. The molecule has 0 saturated heterocycles. The third-order valence-corrected chi connectivity index (χ3v) is 3.66. The monoisotopic (exact) mass is 287 g/mol. The van der Waals surface area contributed by atoms with Crippen molar-refractivity contribution in [1.82, 2.24) is 4.72 Å². The topological polar surface area (TPSA) is 110 Å². The van der Waals surface area contributed by atoms with E-state index in [2.05, 4.69) is 0 Å². The summed E-state index contributed by atoms with van der Waals surface area (Å²) in [5.74, 6) is -0.896. The number of carboxylic acids is 1. The SMILES string of the molecule is COc1ccc(C(=O)S(=O)(=O)NC(C)C(=O)O)cc1. The van der Waals surface area contributed by atoms with E-state index in [1.807, 2.05) is 0 Å². The molecule has 0 bridgehead atoms. The number of rotatable bonds is 5. The van der Waals surface area contributed by atoms with E-state index in [0.717, 1.165) is 6.92 Å². The van der Waals surface area contributed by atoms with Crippen molar-refractivity contribution < 1.29 is 27.9 Å². The normalized spacial score (nSPS) is 12.7. The molecule has 0 aliphatic rings. The van der Waals surface area contributed by atoms with Crippen molar-refractivity contribution in [2.75, 3.05) is 7.11 Å². The van der Waals surface area contributed by atoms with E-state index in [9.17, 15) is 18.0 Å². The van der Waals surface area contributed by atoms with Crippen LogP contribution in [0.1, 0.15) is 17.3 Å². The lowest BCUT2D eigenvalue weighted by Gasteiger charge is -2.09. The average Bonchev–Trinajstić information content (AvgIpc) is 2.37. The molecule has 1 aromatic rings. The largest absolute Gasteiger partial charge is 0.497 e. The molecular weight excluding hydrogens is 274 g/mol. The second-order valence-corrected chi connectivity index (χ2v) is 5.31. The zero-order chi connectivity index (χ0) is 14.6. The maximum atomic E-state index is 11.7. The molecule has 0 heterocycles. The van der Waals surface area contributed by atoms with Gasteiger partial charge in [0, 0.05) is 5.56 Å². The quantitative estimate of drug-likeness (QED) is 0.802. The molecule has 0 aliphatic heterocycles. The Bertz CT molecular complexity index is 578. The van der Waals surface area contributed by atoms with Crippen LogP contribution in [0.15, 0.2) is 24.3 Å². The number of ether oxygens (including phenoxy) is 1. The lowest BCUT2D eigenvalue weighted by atomic mass is 10.2. The summed E-state index contributed by atoms with van der Waals surface area (Å²) in [4.78, 5) is 22.3. The van der Waals surface area contributed by atoms with Crippen molar-refractivity contribution in [1.29, 1.82) is 0 Å². The van der Waals surface area contributed by atoms with Crippen molar-refractivity contribution in [2.24, 2.45) is 0 Å². The van der Waals surface area contributed by atoms with Gasteiger partial charge in [-0.15, -0.1) is 0 Å². The standard InChI is InChI=1S/C11H13NO6S/c1-7(10(13)14)12-19(16,17)11(15)8-3-5-9(18-2)6-4-8/h3-7,12H,1-2H3,(H,13,14). The first-order valence-electron chi connectivity index (χ1n) is 5.21. The van der Waals surface area contributed by atoms with Gasteiger partial charge in [0.25, 0.3) is 15.1 Å².